The van der Waals surface area contributed by atoms with Crippen molar-refractivity contribution in [3.05, 3.63) is 65.7 Å². The second-order valence-corrected chi connectivity index (χ2v) is 6.08. The van der Waals surface area contributed by atoms with Crippen LogP contribution in [0.5, 0.6) is 5.75 Å². The highest BCUT2D eigenvalue weighted by Gasteiger charge is 2.46. The Bertz CT molecular complexity index is 640. The van der Waals surface area contributed by atoms with Gasteiger partial charge in [0, 0.05) is 11.8 Å². The molecule has 0 aliphatic carbocycles. The average molecular weight is 312 g/mol. The van der Waals surface area contributed by atoms with Gasteiger partial charge >= 0.3 is 0 Å². The second kappa shape index (κ2) is 6.32. The molecule has 2 fully saturated rings. The molecule has 2 saturated heterocycles. The van der Waals surface area contributed by atoms with E-state index < -0.39 is 0 Å². The summed E-state index contributed by atoms with van der Waals surface area (Å²) in [6.45, 7) is 1.41. The number of methoxy groups -OCH3 is 1. The topological polar surface area (TPSA) is 36.9 Å². The second-order valence-electron chi connectivity index (χ2n) is 6.08. The van der Waals surface area contributed by atoms with Gasteiger partial charge in [0.1, 0.15) is 18.0 Å². The molecular weight excluding hydrogens is 292 g/mol. The molecule has 0 radical (unpaired) electrons. The third-order valence-electron chi connectivity index (χ3n) is 4.78. The number of rotatable bonds is 3. The Morgan fingerprint density at radius 2 is 1.35 bits per heavy atom. The van der Waals surface area contributed by atoms with Gasteiger partial charge in [-0.2, -0.15) is 0 Å². The summed E-state index contributed by atoms with van der Waals surface area (Å²) in [4.78, 5) is 11.6. The maximum absolute atomic E-state index is 5.80. The Morgan fingerprint density at radius 1 is 0.783 bits per heavy atom. The minimum atomic E-state index is -0.103. The van der Waals surface area contributed by atoms with Crippen molar-refractivity contribution in [2.24, 2.45) is 11.8 Å². The summed E-state index contributed by atoms with van der Waals surface area (Å²) in [7, 11) is 1.67. The van der Waals surface area contributed by atoms with Gasteiger partial charge in [-0.3, -0.25) is 0 Å². The zero-order valence-electron chi connectivity index (χ0n) is 13.1. The number of fused-ring (bicyclic) bond motifs is 1. The molecular formula is C19H20O4. The van der Waals surface area contributed by atoms with Gasteiger partial charge < -0.3 is 9.47 Å². The standard InChI is InChI=1S/C19H20O4/c1-20-15-9-7-14(8-10-15)19-17-12-21-11-16(17)18(22-23-19)13-5-3-2-4-6-13/h2-10,16-19H,11-12H2,1H3/t16-,17-,18+,19+/m0/s1. The largest absolute Gasteiger partial charge is 0.497 e. The van der Waals surface area contributed by atoms with E-state index in [1.165, 1.54) is 0 Å². The van der Waals surface area contributed by atoms with Crippen molar-refractivity contribution in [1.29, 1.82) is 0 Å². The van der Waals surface area contributed by atoms with E-state index in [1.54, 1.807) is 7.11 Å². The molecule has 0 bridgehead atoms. The van der Waals surface area contributed by atoms with E-state index in [9.17, 15) is 0 Å². The van der Waals surface area contributed by atoms with Gasteiger partial charge in [0.25, 0.3) is 0 Å². The molecule has 0 unspecified atom stereocenters. The van der Waals surface area contributed by atoms with Crippen LogP contribution in [0, 0.1) is 11.8 Å². The molecule has 4 nitrogen and oxygen atoms in total. The lowest BCUT2D eigenvalue weighted by molar-refractivity contribution is -0.403. The third-order valence-corrected chi connectivity index (χ3v) is 4.78. The van der Waals surface area contributed by atoms with Crippen LogP contribution in [0.2, 0.25) is 0 Å². The molecule has 2 heterocycles. The van der Waals surface area contributed by atoms with Gasteiger partial charge in [-0.1, -0.05) is 42.5 Å². The van der Waals surface area contributed by atoms with Crippen molar-refractivity contribution in [3.63, 3.8) is 0 Å². The van der Waals surface area contributed by atoms with E-state index in [4.69, 9.17) is 19.2 Å². The van der Waals surface area contributed by atoms with Gasteiger partial charge in [-0.25, -0.2) is 9.78 Å². The van der Waals surface area contributed by atoms with Gasteiger partial charge in [-0.15, -0.1) is 0 Å². The van der Waals surface area contributed by atoms with E-state index in [-0.39, 0.29) is 12.2 Å². The molecule has 2 aromatic rings. The van der Waals surface area contributed by atoms with Crippen LogP contribution >= 0.6 is 0 Å². The Balaban J connectivity index is 1.58. The Labute approximate surface area is 135 Å². The zero-order valence-corrected chi connectivity index (χ0v) is 13.1. The van der Waals surface area contributed by atoms with Crippen LogP contribution < -0.4 is 4.74 Å². The molecule has 0 N–H and O–H groups in total. The summed E-state index contributed by atoms with van der Waals surface area (Å²) >= 11 is 0. The van der Waals surface area contributed by atoms with E-state index >= 15 is 0 Å². The maximum atomic E-state index is 5.80. The highest BCUT2D eigenvalue weighted by Crippen LogP contribution is 2.48. The smallest absolute Gasteiger partial charge is 0.123 e. The van der Waals surface area contributed by atoms with Crippen LogP contribution in [-0.2, 0) is 14.5 Å². The molecule has 120 valence electrons. The van der Waals surface area contributed by atoms with Crippen molar-refractivity contribution in [2.45, 2.75) is 12.2 Å². The molecule has 4 rings (SSSR count). The quantitative estimate of drug-likeness (QED) is 0.810. The average Bonchev–Trinajstić information content (AvgIpc) is 3.11. The fourth-order valence-corrected chi connectivity index (χ4v) is 3.52. The minimum Gasteiger partial charge on any atom is -0.497 e. The summed E-state index contributed by atoms with van der Waals surface area (Å²) in [5.74, 6) is 1.44. The molecule has 4 atom stereocenters. The lowest BCUT2D eigenvalue weighted by Gasteiger charge is -2.37. The van der Waals surface area contributed by atoms with Gasteiger partial charge in [0.05, 0.1) is 20.3 Å². The number of ether oxygens (including phenoxy) is 2. The van der Waals surface area contributed by atoms with Gasteiger partial charge in [0.2, 0.25) is 0 Å². The van der Waals surface area contributed by atoms with Crippen molar-refractivity contribution in [3.8, 4) is 5.75 Å². The summed E-state index contributed by atoms with van der Waals surface area (Å²) < 4.78 is 11.0. The number of hydrogen-bond acceptors (Lipinski definition) is 4. The maximum Gasteiger partial charge on any atom is 0.123 e. The van der Waals surface area contributed by atoms with Crippen LogP contribution in [0.25, 0.3) is 0 Å². The number of benzene rings is 2. The summed E-state index contributed by atoms with van der Waals surface area (Å²) in [6.07, 6.45) is -0.174. The molecule has 0 aromatic heterocycles. The summed E-state index contributed by atoms with van der Waals surface area (Å²) in [5, 5.41) is 0. The highest BCUT2D eigenvalue weighted by molar-refractivity contribution is 5.29. The first-order chi connectivity index (χ1) is 11.4. The van der Waals surface area contributed by atoms with Gasteiger partial charge in [-0.05, 0) is 23.3 Å². The molecule has 4 heteroatoms. The molecule has 23 heavy (non-hydrogen) atoms. The van der Waals surface area contributed by atoms with Gasteiger partial charge in [0.15, 0.2) is 0 Å². The monoisotopic (exact) mass is 312 g/mol. The fourth-order valence-electron chi connectivity index (χ4n) is 3.52. The predicted molar refractivity (Wildman–Crippen MR) is 84.9 cm³/mol. The van der Waals surface area contributed by atoms with E-state index in [0.717, 1.165) is 16.9 Å². The van der Waals surface area contributed by atoms with Crippen LogP contribution in [0.1, 0.15) is 23.3 Å². The van der Waals surface area contributed by atoms with Crippen LogP contribution in [0.4, 0.5) is 0 Å². The van der Waals surface area contributed by atoms with Crippen molar-refractivity contribution in [2.75, 3.05) is 20.3 Å². The van der Waals surface area contributed by atoms with Crippen molar-refractivity contribution < 1.29 is 19.2 Å². The normalized spacial score (nSPS) is 30.0. The van der Waals surface area contributed by atoms with E-state index in [0.29, 0.717) is 25.0 Å². The van der Waals surface area contributed by atoms with Crippen LogP contribution in [-0.4, -0.2) is 20.3 Å². The summed E-state index contributed by atoms with van der Waals surface area (Å²) in [6, 6.07) is 18.2. The Kier molecular flexibility index (Phi) is 4.04. The van der Waals surface area contributed by atoms with Crippen LogP contribution in [0.15, 0.2) is 54.6 Å². The Hall–Kier alpha value is -1.88. The minimum absolute atomic E-state index is 0.0711. The zero-order chi connectivity index (χ0) is 15.6. The summed E-state index contributed by atoms with van der Waals surface area (Å²) in [5.41, 5.74) is 2.24. The van der Waals surface area contributed by atoms with E-state index in [2.05, 4.69) is 12.1 Å². The van der Waals surface area contributed by atoms with Crippen molar-refractivity contribution in [1.82, 2.24) is 0 Å². The fraction of sp³-hybridized carbons (Fsp3) is 0.368. The molecule has 2 aliphatic heterocycles. The lowest BCUT2D eigenvalue weighted by atomic mass is 9.81. The molecule has 2 aromatic carbocycles. The molecule has 0 spiro atoms. The van der Waals surface area contributed by atoms with Crippen LogP contribution in [0.3, 0.4) is 0 Å². The lowest BCUT2D eigenvalue weighted by Crippen LogP contribution is -2.34. The predicted octanol–water partition coefficient (Wildman–Crippen LogP) is 3.70. The number of hydrogen-bond donors (Lipinski definition) is 0. The molecule has 0 saturated carbocycles. The highest BCUT2D eigenvalue weighted by atomic mass is 17.2. The van der Waals surface area contributed by atoms with Crippen molar-refractivity contribution >= 4 is 0 Å². The Morgan fingerprint density at radius 3 is 1.91 bits per heavy atom. The SMILES string of the molecule is COc1ccc([C@H]2OO[C@H](c3ccccc3)[C@H]3COC[C@@H]32)cc1. The first kappa shape index (κ1) is 14.7. The first-order valence-corrected chi connectivity index (χ1v) is 7.95. The first-order valence-electron chi connectivity index (χ1n) is 7.95. The van der Waals surface area contributed by atoms with E-state index in [1.807, 2.05) is 42.5 Å². The molecule has 2 aliphatic rings. The third kappa shape index (κ3) is 2.74. The molecule has 0 amide bonds.